The molecule has 0 bridgehead atoms. The lowest BCUT2D eigenvalue weighted by molar-refractivity contribution is -0.947. The van der Waals surface area contributed by atoms with Gasteiger partial charge in [0, 0.05) is 23.9 Å². The van der Waals surface area contributed by atoms with Crippen molar-refractivity contribution < 1.29 is 9.22 Å². The largest absolute Gasteiger partial charge is 0.491 e. The highest BCUT2D eigenvalue weighted by atomic mass is 16.5. The van der Waals surface area contributed by atoms with Gasteiger partial charge in [0.2, 0.25) is 0 Å². The van der Waals surface area contributed by atoms with Gasteiger partial charge in [0.15, 0.2) is 0 Å². The second-order valence-electron chi connectivity index (χ2n) is 7.53. The maximum atomic E-state index is 6.28. The van der Waals surface area contributed by atoms with Gasteiger partial charge in [-0.1, -0.05) is 18.2 Å². The van der Waals surface area contributed by atoms with E-state index in [9.17, 15) is 0 Å². The van der Waals surface area contributed by atoms with Crippen LogP contribution in [0.4, 0.5) is 0 Å². The second-order valence-corrected chi connectivity index (χ2v) is 7.53. The Morgan fingerprint density at radius 3 is 2.91 bits per heavy atom. The van der Waals surface area contributed by atoms with Crippen LogP contribution in [0.3, 0.4) is 0 Å². The summed E-state index contributed by atoms with van der Waals surface area (Å²) in [6.45, 7) is 3.56. The van der Waals surface area contributed by atoms with Crippen LogP contribution >= 0.6 is 0 Å². The molecule has 2 aliphatic heterocycles. The fraction of sp³-hybridized carbons (Fsp3) is 0.550. The minimum absolute atomic E-state index is 0.688. The molecule has 3 atom stereocenters. The van der Waals surface area contributed by atoms with Crippen molar-refractivity contribution in [3.8, 4) is 5.75 Å². The molecule has 3 heteroatoms. The van der Waals surface area contributed by atoms with Crippen molar-refractivity contribution in [3.05, 3.63) is 36.5 Å². The molecule has 0 radical (unpaired) electrons. The Kier molecular flexibility index (Phi) is 3.98. The lowest BCUT2D eigenvalue weighted by Gasteiger charge is -2.51. The van der Waals surface area contributed by atoms with Crippen molar-refractivity contribution in [3.63, 3.8) is 0 Å². The highest BCUT2D eigenvalue weighted by molar-refractivity contribution is 5.84. The summed E-state index contributed by atoms with van der Waals surface area (Å²) in [7, 11) is 2.47. The molecule has 1 aromatic carbocycles. The Bertz CT molecular complexity index is 677. The van der Waals surface area contributed by atoms with Crippen LogP contribution in [0.5, 0.6) is 5.75 Å². The standard InChI is InChI=1S/C20H27N2O/c1-22-13-3-2-10-18(22)17(9-6-14-22)15-23-19-11-4-7-16-8-5-12-21-20(16)19/h4-5,7-8,11-12,17-18H,2-3,6,9-10,13-15H2,1H3/q+1/t17-,18-,22-/m1/s1. The number of benzene rings is 1. The first kappa shape index (κ1) is 14.9. The minimum atomic E-state index is 0.688. The number of piperidine rings is 2. The van der Waals surface area contributed by atoms with Crippen LogP contribution in [0.15, 0.2) is 36.5 Å². The Balaban J connectivity index is 1.51. The third-order valence-corrected chi connectivity index (χ3v) is 6.06. The summed E-state index contributed by atoms with van der Waals surface area (Å²) in [4.78, 5) is 4.51. The molecule has 2 aromatic rings. The molecule has 0 amide bonds. The maximum absolute atomic E-state index is 6.28. The number of fused-ring (bicyclic) bond motifs is 2. The molecule has 0 aliphatic carbocycles. The van der Waals surface area contributed by atoms with Gasteiger partial charge in [-0.2, -0.15) is 0 Å². The summed E-state index contributed by atoms with van der Waals surface area (Å²) in [6, 6.07) is 11.1. The van der Waals surface area contributed by atoms with E-state index in [4.69, 9.17) is 4.74 Å². The zero-order valence-corrected chi connectivity index (χ0v) is 14.1. The molecule has 23 heavy (non-hydrogen) atoms. The van der Waals surface area contributed by atoms with Gasteiger partial charge in [-0.15, -0.1) is 0 Å². The van der Waals surface area contributed by atoms with Crippen LogP contribution in [0.2, 0.25) is 0 Å². The Morgan fingerprint density at radius 1 is 1.09 bits per heavy atom. The normalized spacial score (nSPS) is 30.8. The third kappa shape index (κ3) is 2.83. The van der Waals surface area contributed by atoms with Crippen molar-refractivity contribution in [1.82, 2.24) is 4.98 Å². The van der Waals surface area contributed by atoms with E-state index in [1.807, 2.05) is 12.3 Å². The summed E-state index contributed by atoms with van der Waals surface area (Å²) in [5, 5.41) is 1.16. The molecule has 0 N–H and O–H groups in total. The van der Waals surface area contributed by atoms with E-state index >= 15 is 0 Å². The van der Waals surface area contributed by atoms with E-state index in [0.29, 0.717) is 5.92 Å². The maximum Gasteiger partial charge on any atom is 0.145 e. The zero-order valence-electron chi connectivity index (χ0n) is 14.1. The number of hydrogen-bond donors (Lipinski definition) is 0. The van der Waals surface area contributed by atoms with Crippen LogP contribution in [-0.4, -0.2) is 42.3 Å². The number of ether oxygens (including phenoxy) is 1. The predicted molar refractivity (Wildman–Crippen MR) is 93.5 cm³/mol. The third-order valence-electron chi connectivity index (χ3n) is 6.06. The molecule has 4 rings (SSSR count). The lowest BCUT2D eigenvalue weighted by Crippen LogP contribution is -2.61. The topological polar surface area (TPSA) is 22.1 Å². The molecular weight excluding hydrogens is 284 g/mol. The van der Waals surface area contributed by atoms with Crippen molar-refractivity contribution in [1.29, 1.82) is 0 Å². The Morgan fingerprint density at radius 2 is 1.96 bits per heavy atom. The van der Waals surface area contributed by atoms with Crippen LogP contribution in [0, 0.1) is 5.92 Å². The fourth-order valence-corrected chi connectivity index (χ4v) is 4.82. The first-order valence-electron chi connectivity index (χ1n) is 9.07. The van der Waals surface area contributed by atoms with Crippen LogP contribution in [0.1, 0.15) is 32.1 Å². The van der Waals surface area contributed by atoms with E-state index in [0.717, 1.165) is 29.3 Å². The molecule has 2 fully saturated rings. The van der Waals surface area contributed by atoms with Gasteiger partial charge < -0.3 is 9.22 Å². The molecule has 2 saturated heterocycles. The second kappa shape index (κ2) is 6.12. The van der Waals surface area contributed by atoms with E-state index < -0.39 is 0 Å². The summed E-state index contributed by atoms with van der Waals surface area (Å²) in [6.07, 6.45) is 8.67. The van der Waals surface area contributed by atoms with E-state index in [1.165, 1.54) is 49.7 Å². The molecule has 2 aliphatic rings. The molecule has 0 saturated carbocycles. The average molecular weight is 311 g/mol. The smallest absolute Gasteiger partial charge is 0.145 e. The van der Waals surface area contributed by atoms with Crippen LogP contribution in [-0.2, 0) is 0 Å². The monoisotopic (exact) mass is 311 g/mol. The van der Waals surface area contributed by atoms with E-state index in [-0.39, 0.29) is 0 Å². The molecule has 1 aromatic heterocycles. The van der Waals surface area contributed by atoms with Crippen LogP contribution in [0.25, 0.3) is 10.9 Å². The van der Waals surface area contributed by atoms with E-state index in [1.54, 1.807) is 0 Å². The Labute approximate surface area is 138 Å². The number of pyridine rings is 1. The van der Waals surface area contributed by atoms with Gasteiger partial charge in [-0.25, -0.2) is 0 Å². The van der Waals surface area contributed by atoms with Gasteiger partial charge in [0.25, 0.3) is 0 Å². The van der Waals surface area contributed by atoms with Crippen LogP contribution < -0.4 is 4.74 Å². The molecule has 3 heterocycles. The number of nitrogens with zero attached hydrogens (tertiary/aromatic N) is 2. The van der Waals surface area contributed by atoms with Gasteiger partial charge in [0.05, 0.1) is 32.8 Å². The van der Waals surface area contributed by atoms with Crippen molar-refractivity contribution in [2.45, 2.75) is 38.1 Å². The summed E-state index contributed by atoms with van der Waals surface area (Å²) in [5.74, 6) is 1.63. The summed E-state index contributed by atoms with van der Waals surface area (Å²) < 4.78 is 7.56. The van der Waals surface area contributed by atoms with Crippen molar-refractivity contribution >= 4 is 10.9 Å². The average Bonchev–Trinajstić information content (AvgIpc) is 2.59. The van der Waals surface area contributed by atoms with Gasteiger partial charge in [-0.3, -0.25) is 4.98 Å². The number of hydrogen-bond acceptors (Lipinski definition) is 2. The molecular formula is C20H27N2O+. The van der Waals surface area contributed by atoms with E-state index in [2.05, 4.69) is 36.3 Å². The van der Waals surface area contributed by atoms with Crippen molar-refractivity contribution in [2.75, 3.05) is 26.7 Å². The zero-order chi connectivity index (χ0) is 15.7. The summed E-state index contributed by atoms with van der Waals surface area (Å²) >= 11 is 0. The molecule has 0 unspecified atom stereocenters. The first-order valence-corrected chi connectivity index (χ1v) is 9.07. The molecule has 0 spiro atoms. The molecule has 3 nitrogen and oxygen atoms in total. The SMILES string of the molecule is C[N@+]12CCCC[C@@H]1[C@@H](COc1cccc3cccnc13)CCC2. The minimum Gasteiger partial charge on any atom is -0.491 e. The number of quaternary nitrogens is 1. The fourth-order valence-electron chi connectivity index (χ4n) is 4.82. The number of aromatic nitrogens is 1. The Hall–Kier alpha value is -1.61. The highest BCUT2D eigenvalue weighted by Gasteiger charge is 2.43. The van der Waals surface area contributed by atoms with Gasteiger partial charge >= 0.3 is 0 Å². The summed E-state index contributed by atoms with van der Waals surface area (Å²) in [5.41, 5.74) is 0.992. The highest BCUT2D eigenvalue weighted by Crippen LogP contribution is 2.36. The first-order chi connectivity index (χ1) is 11.3. The quantitative estimate of drug-likeness (QED) is 0.799. The van der Waals surface area contributed by atoms with Crippen molar-refractivity contribution in [2.24, 2.45) is 5.92 Å². The predicted octanol–water partition coefficient (Wildman–Crippen LogP) is 4.02. The number of rotatable bonds is 3. The lowest BCUT2D eigenvalue weighted by atomic mass is 9.82. The van der Waals surface area contributed by atoms with Gasteiger partial charge in [-0.05, 0) is 37.8 Å². The van der Waals surface area contributed by atoms with Gasteiger partial charge in [0.1, 0.15) is 11.3 Å². The number of para-hydroxylation sites is 1. The molecule has 122 valence electrons.